The van der Waals surface area contributed by atoms with Gasteiger partial charge in [-0.15, -0.1) is 0 Å². The lowest BCUT2D eigenvalue weighted by Gasteiger charge is -2.27. The SMILES string of the molecule is O=C1Nc2ccccc2OC1CC(=O)N1C[C@H](C(=O)O)[C@@H](C2CC2)C1. The first-order chi connectivity index (χ1) is 12.0. The number of hydrogen-bond donors (Lipinski definition) is 2. The van der Waals surface area contributed by atoms with Gasteiger partial charge in [0.25, 0.3) is 5.91 Å². The highest BCUT2D eigenvalue weighted by Crippen LogP contribution is 2.44. The summed E-state index contributed by atoms with van der Waals surface area (Å²) in [5.74, 6) is -0.927. The minimum absolute atomic E-state index is 0.0308. The number of nitrogens with one attached hydrogen (secondary N) is 1. The van der Waals surface area contributed by atoms with Crippen LogP contribution in [-0.4, -0.2) is 47.0 Å². The number of amides is 2. The van der Waals surface area contributed by atoms with Gasteiger partial charge in [-0.25, -0.2) is 0 Å². The molecule has 1 saturated heterocycles. The molecule has 2 N–H and O–H groups in total. The first-order valence-electron chi connectivity index (χ1n) is 8.60. The summed E-state index contributed by atoms with van der Waals surface area (Å²) in [7, 11) is 0. The normalized spacial score (nSPS) is 28.1. The van der Waals surface area contributed by atoms with Gasteiger partial charge in [0.1, 0.15) is 5.75 Å². The number of benzene rings is 1. The van der Waals surface area contributed by atoms with Crippen molar-refractivity contribution >= 4 is 23.5 Å². The summed E-state index contributed by atoms with van der Waals surface area (Å²) in [4.78, 5) is 37.8. The molecule has 3 atom stereocenters. The van der Waals surface area contributed by atoms with E-state index in [0.29, 0.717) is 23.9 Å². The molecule has 2 amide bonds. The van der Waals surface area contributed by atoms with Crippen molar-refractivity contribution in [2.24, 2.45) is 17.8 Å². The molecule has 0 radical (unpaired) electrons. The zero-order valence-corrected chi connectivity index (χ0v) is 13.7. The molecule has 0 spiro atoms. The molecule has 2 heterocycles. The maximum Gasteiger partial charge on any atom is 0.308 e. The van der Waals surface area contributed by atoms with Crippen LogP contribution in [-0.2, 0) is 14.4 Å². The fourth-order valence-corrected chi connectivity index (χ4v) is 3.81. The number of carbonyl (C=O) groups is 3. The van der Waals surface area contributed by atoms with E-state index in [0.717, 1.165) is 12.8 Å². The summed E-state index contributed by atoms with van der Waals surface area (Å²) >= 11 is 0. The number of anilines is 1. The Bertz CT molecular complexity index is 730. The van der Waals surface area contributed by atoms with Crippen LogP contribution in [0.1, 0.15) is 19.3 Å². The van der Waals surface area contributed by atoms with Gasteiger partial charge < -0.3 is 20.1 Å². The molecule has 1 aromatic rings. The number of para-hydroxylation sites is 2. The Hall–Kier alpha value is -2.57. The molecule has 2 aliphatic heterocycles. The van der Waals surface area contributed by atoms with Crippen molar-refractivity contribution < 1.29 is 24.2 Å². The number of carboxylic acids is 1. The second-order valence-electron chi connectivity index (χ2n) is 7.04. The molecule has 7 nitrogen and oxygen atoms in total. The van der Waals surface area contributed by atoms with Gasteiger partial charge in [0.05, 0.1) is 18.0 Å². The molecule has 0 aromatic heterocycles. The highest BCUT2D eigenvalue weighted by molar-refractivity contribution is 6.00. The highest BCUT2D eigenvalue weighted by atomic mass is 16.5. The average molecular weight is 344 g/mol. The standard InChI is InChI=1S/C18H20N2O5/c21-16(20-8-11(10-5-6-10)12(9-20)18(23)24)7-15-17(22)19-13-3-1-2-4-14(13)25-15/h1-4,10-12,15H,5-9H2,(H,19,22)(H,23,24)/t11-,12+,15?/m1/s1. The van der Waals surface area contributed by atoms with Gasteiger partial charge in [-0.3, -0.25) is 14.4 Å². The van der Waals surface area contributed by atoms with E-state index in [9.17, 15) is 19.5 Å². The Morgan fingerprint density at radius 2 is 2.00 bits per heavy atom. The molecular formula is C18H20N2O5. The molecule has 0 bridgehead atoms. The Morgan fingerprint density at radius 1 is 1.24 bits per heavy atom. The average Bonchev–Trinajstić information content (AvgIpc) is 3.33. The lowest BCUT2D eigenvalue weighted by Crippen LogP contribution is -2.42. The molecule has 7 heteroatoms. The number of carbonyl (C=O) groups excluding carboxylic acids is 2. The number of aliphatic carboxylic acids is 1. The fourth-order valence-electron chi connectivity index (χ4n) is 3.81. The molecule has 3 aliphatic rings. The van der Waals surface area contributed by atoms with E-state index in [4.69, 9.17) is 4.74 Å². The van der Waals surface area contributed by atoms with E-state index in [1.807, 2.05) is 0 Å². The van der Waals surface area contributed by atoms with E-state index in [-0.39, 0.29) is 30.7 Å². The second-order valence-corrected chi connectivity index (χ2v) is 7.04. The molecule has 1 aliphatic carbocycles. The molecule has 25 heavy (non-hydrogen) atoms. The van der Waals surface area contributed by atoms with Gasteiger partial charge in [-0.2, -0.15) is 0 Å². The summed E-state index contributed by atoms with van der Waals surface area (Å²) in [6.45, 7) is 0.686. The third-order valence-corrected chi connectivity index (χ3v) is 5.33. The number of likely N-dealkylation sites (tertiary alicyclic amines) is 1. The fraction of sp³-hybridized carbons (Fsp3) is 0.500. The Labute approximate surface area is 144 Å². The molecule has 1 aromatic carbocycles. The maximum absolute atomic E-state index is 12.6. The van der Waals surface area contributed by atoms with Crippen molar-refractivity contribution in [3.63, 3.8) is 0 Å². The van der Waals surface area contributed by atoms with Gasteiger partial charge in [-0.05, 0) is 36.8 Å². The van der Waals surface area contributed by atoms with Crippen molar-refractivity contribution in [2.75, 3.05) is 18.4 Å². The topological polar surface area (TPSA) is 95.9 Å². The van der Waals surface area contributed by atoms with E-state index in [1.165, 1.54) is 0 Å². The van der Waals surface area contributed by atoms with E-state index in [1.54, 1.807) is 29.2 Å². The summed E-state index contributed by atoms with van der Waals surface area (Å²) in [6.07, 6.45) is 1.12. The summed E-state index contributed by atoms with van der Waals surface area (Å²) < 4.78 is 5.66. The quantitative estimate of drug-likeness (QED) is 0.859. The Kier molecular flexibility index (Phi) is 3.86. The number of ether oxygens (including phenoxy) is 1. The van der Waals surface area contributed by atoms with Crippen molar-refractivity contribution in [1.29, 1.82) is 0 Å². The second kappa shape index (κ2) is 6.06. The number of hydrogen-bond acceptors (Lipinski definition) is 4. The minimum Gasteiger partial charge on any atom is -0.481 e. The molecule has 2 fully saturated rings. The maximum atomic E-state index is 12.6. The van der Waals surface area contributed by atoms with Gasteiger partial charge >= 0.3 is 5.97 Å². The number of nitrogens with zero attached hydrogens (tertiary/aromatic N) is 1. The summed E-state index contributed by atoms with van der Waals surface area (Å²) in [6, 6.07) is 7.07. The minimum atomic E-state index is -0.884. The van der Waals surface area contributed by atoms with Gasteiger partial charge in [-0.1, -0.05) is 12.1 Å². The molecule has 1 saturated carbocycles. The van der Waals surface area contributed by atoms with Crippen molar-refractivity contribution in [1.82, 2.24) is 4.90 Å². The van der Waals surface area contributed by atoms with Gasteiger partial charge in [0, 0.05) is 13.1 Å². The molecule has 132 valence electrons. The van der Waals surface area contributed by atoms with Gasteiger partial charge in [0.2, 0.25) is 5.91 Å². The monoisotopic (exact) mass is 344 g/mol. The summed E-state index contributed by atoms with van der Waals surface area (Å²) in [5.41, 5.74) is 0.595. The van der Waals surface area contributed by atoms with Crippen molar-refractivity contribution in [3.05, 3.63) is 24.3 Å². The predicted molar refractivity (Wildman–Crippen MR) is 88.0 cm³/mol. The van der Waals surface area contributed by atoms with Crippen LogP contribution in [0.2, 0.25) is 0 Å². The number of fused-ring (bicyclic) bond motifs is 1. The van der Waals surface area contributed by atoms with E-state index < -0.39 is 18.0 Å². The smallest absolute Gasteiger partial charge is 0.308 e. The van der Waals surface area contributed by atoms with E-state index in [2.05, 4.69) is 5.32 Å². The predicted octanol–water partition coefficient (Wildman–Crippen LogP) is 1.35. The Balaban J connectivity index is 1.42. The van der Waals surface area contributed by atoms with Crippen molar-refractivity contribution in [3.8, 4) is 5.75 Å². The third-order valence-electron chi connectivity index (χ3n) is 5.33. The van der Waals surface area contributed by atoms with Crippen LogP contribution in [0.25, 0.3) is 0 Å². The zero-order chi connectivity index (χ0) is 17.6. The van der Waals surface area contributed by atoms with Crippen LogP contribution in [0, 0.1) is 17.8 Å². The third kappa shape index (κ3) is 3.06. The molecule has 1 unspecified atom stereocenters. The first-order valence-corrected chi connectivity index (χ1v) is 8.60. The van der Waals surface area contributed by atoms with Crippen LogP contribution in [0.4, 0.5) is 5.69 Å². The van der Waals surface area contributed by atoms with Crippen LogP contribution in [0.5, 0.6) is 5.75 Å². The first kappa shape index (κ1) is 15.9. The van der Waals surface area contributed by atoms with Crippen LogP contribution >= 0.6 is 0 Å². The van der Waals surface area contributed by atoms with Crippen LogP contribution in [0.15, 0.2) is 24.3 Å². The largest absolute Gasteiger partial charge is 0.481 e. The molecule has 4 rings (SSSR count). The van der Waals surface area contributed by atoms with Gasteiger partial charge in [0.15, 0.2) is 6.10 Å². The Morgan fingerprint density at radius 3 is 2.72 bits per heavy atom. The number of carboxylic acid groups (broad SMARTS) is 1. The van der Waals surface area contributed by atoms with Crippen LogP contribution in [0.3, 0.4) is 0 Å². The number of rotatable bonds is 4. The van der Waals surface area contributed by atoms with E-state index >= 15 is 0 Å². The highest BCUT2D eigenvalue weighted by Gasteiger charge is 2.47. The lowest BCUT2D eigenvalue weighted by molar-refractivity contribution is -0.143. The van der Waals surface area contributed by atoms with Crippen molar-refractivity contribution in [2.45, 2.75) is 25.4 Å². The molecular weight excluding hydrogens is 324 g/mol. The lowest BCUT2D eigenvalue weighted by atomic mass is 9.92. The zero-order valence-electron chi connectivity index (χ0n) is 13.7. The summed E-state index contributed by atoms with van der Waals surface area (Å²) in [5, 5.41) is 12.1. The van der Waals surface area contributed by atoms with Crippen LogP contribution < -0.4 is 10.1 Å².